The Morgan fingerprint density at radius 2 is 1.81 bits per heavy atom. The lowest BCUT2D eigenvalue weighted by Crippen LogP contribution is -2.35. The molecule has 6 nitrogen and oxygen atoms in total. The molecule has 1 atom stereocenters. The number of rotatable bonds is 3. The molecule has 3 rings (SSSR count). The first kappa shape index (κ1) is 18.8. The summed E-state index contributed by atoms with van der Waals surface area (Å²) in [5.41, 5.74) is 0.475. The van der Waals surface area contributed by atoms with Gasteiger partial charge in [0.25, 0.3) is 0 Å². The third kappa shape index (κ3) is 4.24. The summed E-state index contributed by atoms with van der Waals surface area (Å²) in [6.45, 7) is 3.15. The van der Waals surface area contributed by atoms with Crippen molar-refractivity contribution in [3.8, 4) is 5.75 Å². The van der Waals surface area contributed by atoms with E-state index in [-0.39, 0.29) is 18.2 Å². The lowest BCUT2D eigenvalue weighted by atomic mass is 10.1. The van der Waals surface area contributed by atoms with Gasteiger partial charge in [-0.05, 0) is 43.5 Å². The van der Waals surface area contributed by atoms with Crippen molar-refractivity contribution >= 4 is 51.8 Å². The van der Waals surface area contributed by atoms with Gasteiger partial charge < -0.3 is 9.64 Å². The molecule has 0 aliphatic carbocycles. The summed E-state index contributed by atoms with van der Waals surface area (Å²) in [5, 5.41) is -0.481. The third-order valence-electron chi connectivity index (χ3n) is 4.32. The zero-order chi connectivity index (χ0) is 18.7. The van der Waals surface area contributed by atoms with Crippen LogP contribution in [0.3, 0.4) is 0 Å². The maximum atomic E-state index is 12.7. The monoisotopic (exact) mass is 392 g/mol. The van der Waals surface area contributed by atoms with E-state index in [0.717, 1.165) is 25.9 Å². The summed E-state index contributed by atoms with van der Waals surface area (Å²) < 4.78 is 5.67. The van der Waals surface area contributed by atoms with E-state index in [1.807, 2.05) is 0 Å². The molecule has 0 bridgehead atoms. The van der Waals surface area contributed by atoms with Crippen molar-refractivity contribution in [3.05, 3.63) is 24.3 Å². The molecule has 0 N–H and O–H groups in total. The molecule has 8 heteroatoms. The molecule has 2 heterocycles. The van der Waals surface area contributed by atoms with E-state index in [1.54, 1.807) is 24.3 Å². The summed E-state index contributed by atoms with van der Waals surface area (Å²) in [5.74, 6) is -0.542. The number of thiocarbonyl (C=S) groups is 1. The van der Waals surface area contributed by atoms with Gasteiger partial charge in [0.05, 0.1) is 5.69 Å². The molecule has 0 aromatic heterocycles. The maximum absolute atomic E-state index is 12.7. The summed E-state index contributed by atoms with van der Waals surface area (Å²) in [6, 6.07) is 6.33. The van der Waals surface area contributed by atoms with Gasteiger partial charge in [0, 0.05) is 26.4 Å². The summed E-state index contributed by atoms with van der Waals surface area (Å²) >= 11 is 6.78. The number of carbonyl (C=O) groups is 3. The highest BCUT2D eigenvalue weighted by atomic mass is 32.2. The fourth-order valence-corrected chi connectivity index (χ4v) is 4.61. The van der Waals surface area contributed by atoms with Gasteiger partial charge >= 0.3 is 5.97 Å². The minimum Gasteiger partial charge on any atom is -0.427 e. The Hall–Kier alpha value is -1.93. The van der Waals surface area contributed by atoms with Gasteiger partial charge in [-0.1, -0.05) is 24.0 Å². The van der Waals surface area contributed by atoms with E-state index >= 15 is 0 Å². The predicted octanol–water partition coefficient (Wildman–Crippen LogP) is 2.75. The SMILES string of the molecule is CC(=O)Oc1ccc(N2C(=O)CC(SC(=S)N3CCCCC3)C2=O)cc1. The molecule has 0 spiro atoms. The second kappa shape index (κ2) is 8.18. The second-order valence-electron chi connectivity index (χ2n) is 6.28. The van der Waals surface area contributed by atoms with Crippen molar-refractivity contribution in [1.29, 1.82) is 0 Å². The van der Waals surface area contributed by atoms with Crippen LogP contribution in [0, 0.1) is 0 Å². The Morgan fingerprint density at radius 1 is 1.15 bits per heavy atom. The van der Waals surface area contributed by atoms with Crippen molar-refractivity contribution in [2.45, 2.75) is 37.9 Å². The lowest BCUT2D eigenvalue weighted by Gasteiger charge is -2.29. The largest absolute Gasteiger partial charge is 0.427 e. The number of thioether (sulfide) groups is 1. The van der Waals surface area contributed by atoms with Gasteiger partial charge in [0.15, 0.2) is 0 Å². The average molecular weight is 393 g/mol. The zero-order valence-electron chi connectivity index (χ0n) is 14.5. The van der Waals surface area contributed by atoms with Crippen LogP contribution >= 0.6 is 24.0 Å². The lowest BCUT2D eigenvalue weighted by molar-refractivity contribution is -0.132. The number of anilines is 1. The standard InChI is InChI=1S/C18H20N2O4S2/c1-12(21)24-14-7-5-13(6-8-14)20-16(22)11-15(17(20)23)26-18(25)19-9-3-2-4-10-19/h5-8,15H,2-4,9-11H2,1H3. The second-order valence-corrected chi connectivity index (χ2v) is 8.12. The first-order valence-electron chi connectivity index (χ1n) is 8.56. The number of hydrogen-bond donors (Lipinski definition) is 0. The molecule has 0 radical (unpaired) electrons. The van der Waals surface area contributed by atoms with Gasteiger partial charge in [0.1, 0.15) is 15.3 Å². The highest BCUT2D eigenvalue weighted by Gasteiger charge is 2.41. The van der Waals surface area contributed by atoms with E-state index in [9.17, 15) is 14.4 Å². The normalized spacial score (nSPS) is 20.4. The molecule has 1 aromatic carbocycles. The van der Waals surface area contributed by atoms with E-state index in [2.05, 4.69) is 4.90 Å². The number of ether oxygens (including phenoxy) is 1. The molecule has 2 aliphatic rings. The fourth-order valence-electron chi connectivity index (χ4n) is 3.07. The molecule has 2 saturated heterocycles. The highest BCUT2D eigenvalue weighted by Crippen LogP contribution is 2.32. The average Bonchev–Trinajstić information content (AvgIpc) is 2.89. The zero-order valence-corrected chi connectivity index (χ0v) is 16.1. The Bertz CT molecular complexity index is 729. The van der Waals surface area contributed by atoms with Crippen LogP contribution in [0.25, 0.3) is 0 Å². The number of likely N-dealkylation sites (tertiary alicyclic amines) is 1. The Labute approximate surface area is 161 Å². The fraction of sp³-hybridized carbons (Fsp3) is 0.444. The minimum atomic E-state index is -0.481. The molecular formula is C18H20N2O4S2. The number of nitrogens with zero attached hydrogens (tertiary/aromatic N) is 2. The number of carbonyl (C=O) groups excluding carboxylic acids is 3. The van der Waals surface area contributed by atoms with Crippen LogP contribution in [-0.2, 0) is 14.4 Å². The number of piperidine rings is 1. The topological polar surface area (TPSA) is 66.9 Å². The quantitative estimate of drug-likeness (QED) is 0.339. The van der Waals surface area contributed by atoms with Crippen molar-refractivity contribution in [2.75, 3.05) is 18.0 Å². The van der Waals surface area contributed by atoms with Crippen molar-refractivity contribution in [1.82, 2.24) is 4.90 Å². The molecule has 2 fully saturated rings. The summed E-state index contributed by atoms with van der Waals surface area (Å²) in [6.07, 6.45) is 3.57. The maximum Gasteiger partial charge on any atom is 0.308 e. The van der Waals surface area contributed by atoms with Gasteiger partial charge in [0.2, 0.25) is 11.8 Å². The van der Waals surface area contributed by atoms with E-state index < -0.39 is 11.2 Å². The number of imide groups is 1. The third-order valence-corrected chi connectivity index (χ3v) is 5.98. The molecule has 1 unspecified atom stereocenters. The Balaban J connectivity index is 1.66. The molecule has 138 valence electrons. The molecule has 0 saturated carbocycles. The van der Waals surface area contributed by atoms with Crippen LogP contribution in [0.2, 0.25) is 0 Å². The first-order valence-corrected chi connectivity index (χ1v) is 9.85. The van der Waals surface area contributed by atoms with Crippen LogP contribution in [-0.4, -0.2) is 45.3 Å². The summed E-state index contributed by atoms with van der Waals surface area (Å²) in [4.78, 5) is 39.4. The van der Waals surface area contributed by atoms with Gasteiger partial charge in [-0.3, -0.25) is 14.4 Å². The van der Waals surface area contributed by atoms with Gasteiger partial charge in [-0.15, -0.1) is 0 Å². The van der Waals surface area contributed by atoms with Crippen molar-refractivity contribution in [3.63, 3.8) is 0 Å². The molecular weight excluding hydrogens is 372 g/mol. The van der Waals surface area contributed by atoms with Crippen molar-refractivity contribution < 1.29 is 19.1 Å². The number of esters is 1. The molecule has 26 heavy (non-hydrogen) atoms. The van der Waals surface area contributed by atoms with Crippen LogP contribution in [0.4, 0.5) is 5.69 Å². The minimum absolute atomic E-state index is 0.142. The molecule has 2 amide bonds. The van der Waals surface area contributed by atoms with E-state index in [1.165, 1.54) is 30.0 Å². The van der Waals surface area contributed by atoms with E-state index in [4.69, 9.17) is 17.0 Å². The van der Waals surface area contributed by atoms with Crippen LogP contribution in [0.15, 0.2) is 24.3 Å². The smallest absolute Gasteiger partial charge is 0.308 e. The van der Waals surface area contributed by atoms with Crippen LogP contribution < -0.4 is 9.64 Å². The number of amides is 2. The number of hydrogen-bond acceptors (Lipinski definition) is 6. The summed E-state index contributed by atoms with van der Waals surface area (Å²) in [7, 11) is 0. The molecule has 1 aromatic rings. The Morgan fingerprint density at radius 3 is 2.42 bits per heavy atom. The van der Waals surface area contributed by atoms with Crippen LogP contribution in [0.1, 0.15) is 32.6 Å². The highest BCUT2D eigenvalue weighted by molar-refractivity contribution is 8.23. The van der Waals surface area contributed by atoms with Crippen molar-refractivity contribution in [2.24, 2.45) is 0 Å². The first-order chi connectivity index (χ1) is 12.5. The number of benzene rings is 1. The van der Waals surface area contributed by atoms with Gasteiger partial charge in [-0.25, -0.2) is 4.90 Å². The predicted molar refractivity (Wildman–Crippen MR) is 104 cm³/mol. The van der Waals surface area contributed by atoms with Gasteiger partial charge in [-0.2, -0.15) is 0 Å². The Kier molecular flexibility index (Phi) is 5.93. The van der Waals surface area contributed by atoms with Crippen LogP contribution in [0.5, 0.6) is 5.75 Å². The molecule has 2 aliphatic heterocycles. The van der Waals surface area contributed by atoms with E-state index in [0.29, 0.717) is 15.8 Å².